The molecule has 0 radical (unpaired) electrons. The molecule has 1 aromatic heterocycles. The van der Waals surface area contributed by atoms with Gasteiger partial charge in [-0.1, -0.05) is 6.07 Å². The number of nitrogens with one attached hydrogen (secondary N) is 2. The second-order valence-corrected chi connectivity index (χ2v) is 8.29. The van der Waals surface area contributed by atoms with Crippen LogP contribution < -0.4 is 10.6 Å². The van der Waals surface area contributed by atoms with Gasteiger partial charge in [-0.3, -0.25) is 14.5 Å². The molecule has 27 heavy (non-hydrogen) atoms. The predicted molar refractivity (Wildman–Crippen MR) is 108 cm³/mol. The first-order valence-corrected chi connectivity index (χ1v) is 10.5. The average molecular weight is 384 g/mol. The Kier molecular flexibility index (Phi) is 5.27. The quantitative estimate of drug-likeness (QED) is 0.803. The first-order chi connectivity index (χ1) is 13.2. The van der Waals surface area contributed by atoms with Crippen LogP contribution in [0.25, 0.3) is 0 Å². The van der Waals surface area contributed by atoms with Crippen molar-refractivity contribution in [1.82, 2.24) is 10.2 Å². The molecule has 0 saturated heterocycles. The molecular weight excluding hydrogens is 358 g/mol. The van der Waals surface area contributed by atoms with E-state index < -0.39 is 0 Å². The minimum atomic E-state index is -0.122. The van der Waals surface area contributed by atoms with E-state index in [1.165, 1.54) is 23.3 Å². The van der Waals surface area contributed by atoms with Crippen LogP contribution in [0, 0.1) is 5.92 Å². The lowest BCUT2D eigenvalue weighted by atomic mass is 9.96. The molecule has 5 nitrogen and oxygen atoms in total. The van der Waals surface area contributed by atoms with Gasteiger partial charge in [-0.2, -0.15) is 0 Å². The van der Waals surface area contributed by atoms with Gasteiger partial charge in [0.2, 0.25) is 5.91 Å². The van der Waals surface area contributed by atoms with E-state index >= 15 is 0 Å². The number of thiophene rings is 1. The molecule has 2 aliphatic rings. The molecule has 1 atom stereocenters. The van der Waals surface area contributed by atoms with Crippen molar-refractivity contribution >= 4 is 28.8 Å². The highest BCUT2D eigenvalue weighted by Gasteiger charge is 2.40. The summed E-state index contributed by atoms with van der Waals surface area (Å²) in [7, 11) is 0. The van der Waals surface area contributed by atoms with Crippen LogP contribution in [0.1, 0.15) is 46.6 Å². The Bertz CT molecular complexity index is 843. The Morgan fingerprint density at radius 2 is 2.11 bits per heavy atom. The predicted octanol–water partition coefficient (Wildman–Crippen LogP) is 3.45. The van der Waals surface area contributed by atoms with E-state index in [-0.39, 0.29) is 11.8 Å². The van der Waals surface area contributed by atoms with Crippen molar-refractivity contribution in [3.8, 4) is 0 Å². The lowest BCUT2D eigenvalue weighted by Crippen LogP contribution is -2.41. The molecule has 0 unspecified atom stereocenters. The van der Waals surface area contributed by atoms with Gasteiger partial charge in [0.1, 0.15) is 0 Å². The molecule has 0 spiro atoms. The normalized spacial score (nSPS) is 19.4. The van der Waals surface area contributed by atoms with Crippen molar-refractivity contribution in [1.29, 1.82) is 0 Å². The van der Waals surface area contributed by atoms with Crippen molar-refractivity contribution < 1.29 is 9.59 Å². The van der Waals surface area contributed by atoms with E-state index in [4.69, 9.17) is 0 Å². The number of carbonyl (C=O) groups is 2. The van der Waals surface area contributed by atoms with Crippen LogP contribution in [0.5, 0.6) is 0 Å². The maximum Gasteiger partial charge on any atom is 0.251 e. The molecule has 2 heterocycles. The highest BCUT2D eigenvalue weighted by Crippen LogP contribution is 2.48. The molecule has 1 aliphatic heterocycles. The molecule has 1 saturated carbocycles. The van der Waals surface area contributed by atoms with Gasteiger partial charge in [-0.25, -0.2) is 0 Å². The lowest BCUT2D eigenvalue weighted by molar-refractivity contribution is -0.118. The van der Waals surface area contributed by atoms with Crippen molar-refractivity contribution in [2.75, 3.05) is 25.0 Å². The van der Waals surface area contributed by atoms with Crippen molar-refractivity contribution in [2.45, 2.75) is 32.2 Å². The van der Waals surface area contributed by atoms with E-state index in [1.807, 2.05) is 24.3 Å². The van der Waals surface area contributed by atoms with Crippen LogP contribution in [-0.4, -0.2) is 36.3 Å². The Hall–Kier alpha value is -2.18. The maximum atomic E-state index is 12.7. The average Bonchev–Trinajstić information content (AvgIpc) is 3.38. The summed E-state index contributed by atoms with van der Waals surface area (Å²) in [4.78, 5) is 28.5. The van der Waals surface area contributed by atoms with Crippen LogP contribution in [0.3, 0.4) is 0 Å². The van der Waals surface area contributed by atoms with Crippen molar-refractivity contribution in [3.63, 3.8) is 0 Å². The summed E-state index contributed by atoms with van der Waals surface area (Å²) < 4.78 is 0. The number of anilines is 1. The monoisotopic (exact) mass is 383 g/mol. The fourth-order valence-corrected chi connectivity index (χ4v) is 4.84. The number of hydrogen-bond acceptors (Lipinski definition) is 4. The molecule has 2 amide bonds. The zero-order valence-corrected chi connectivity index (χ0v) is 16.3. The van der Waals surface area contributed by atoms with Crippen molar-refractivity contribution in [3.05, 3.63) is 51.7 Å². The number of fused-ring (bicyclic) bond motifs is 1. The Morgan fingerprint density at radius 3 is 2.89 bits per heavy atom. The molecular formula is C21H25N3O2S. The molecule has 1 fully saturated rings. The molecule has 142 valence electrons. The number of nitrogens with zero attached hydrogens (tertiary/aromatic N) is 1. The SMILES string of the molecule is CCNC(=O)c1cccc(NC(=O)CN2CCc3sccc3[C@H]2C2CC2)c1. The van der Waals surface area contributed by atoms with E-state index in [2.05, 4.69) is 27.0 Å². The van der Waals surface area contributed by atoms with E-state index in [1.54, 1.807) is 18.2 Å². The summed E-state index contributed by atoms with van der Waals surface area (Å²) in [6.45, 7) is 3.79. The third-order valence-electron chi connectivity index (χ3n) is 5.28. The summed E-state index contributed by atoms with van der Waals surface area (Å²) in [5.41, 5.74) is 2.66. The summed E-state index contributed by atoms with van der Waals surface area (Å²) in [5.74, 6) is 0.545. The van der Waals surface area contributed by atoms with Gasteiger partial charge < -0.3 is 10.6 Å². The summed E-state index contributed by atoms with van der Waals surface area (Å²) >= 11 is 1.84. The molecule has 1 aliphatic carbocycles. The molecule has 0 bridgehead atoms. The standard InChI is InChI=1S/C21H25N3O2S/c1-2-22-21(26)15-4-3-5-16(12-15)23-19(25)13-24-10-8-18-17(9-11-27-18)20(24)14-6-7-14/h3-5,9,11-12,14,20H,2,6-8,10,13H2,1H3,(H,22,26)(H,23,25)/t20-/m1/s1. The number of benzene rings is 1. The molecule has 2 N–H and O–H groups in total. The number of rotatable bonds is 6. The lowest BCUT2D eigenvalue weighted by Gasteiger charge is -2.35. The second-order valence-electron chi connectivity index (χ2n) is 7.29. The molecule has 6 heteroatoms. The Labute approximate surface area is 163 Å². The summed E-state index contributed by atoms with van der Waals surface area (Å²) in [6, 6.07) is 9.73. The molecule has 4 rings (SSSR count). The Morgan fingerprint density at radius 1 is 1.26 bits per heavy atom. The Balaban J connectivity index is 1.42. The minimum Gasteiger partial charge on any atom is -0.352 e. The highest BCUT2D eigenvalue weighted by molar-refractivity contribution is 7.10. The van der Waals surface area contributed by atoms with Gasteiger partial charge in [0, 0.05) is 35.3 Å². The minimum absolute atomic E-state index is 0.0209. The fraction of sp³-hybridized carbons (Fsp3) is 0.429. The van der Waals surface area contributed by atoms with Crippen LogP contribution in [0.2, 0.25) is 0 Å². The largest absolute Gasteiger partial charge is 0.352 e. The smallest absolute Gasteiger partial charge is 0.251 e. The van der Waals surface area contributed by atoms with Crippen LogP contribution in [0.15, 0.2) is 35.7 Å². The highest BCUT2D eigenvalue weighted by atomic mass is 32.1. The van der Waals surface area contributed by atoms with Crippen molar-refractivity contribution in [2.24, 2.45) is 5.92 Å². The zero-order valence-electron chi connectivity index (χ0n) is 15.5. The molecule has 1 aromatic carbocycles. The number of hydrogen-bond donors (Lipinski definition) is 2. The van der Waals surface area contributed by atoms with Gasteiger partial charge in [0.15, 0.2) is 0 Å². The maximum absolute atomic E-state index is 12.7. The summed E-state index contributed by atoms with van der Waals surface area (Å²) in [6.07, 6.45) is 3.54. The van der Waals surface area contributed by atoms with Gasteiger partial charge in [0.05, 0.1) is 6.54 Å². The number of carbonyl (C=O) groups excluding carboxylic acids is 2. The second kappa shape index (κ2) is 7.82. The third kappa shape index (κ3) is 4.06. The molecule has 2 aromatic rings. The van der Waals surface area contributed by atoms with Crippen LogP contribution >= 0.6 is 11.3 Å². The first-order valence-electron chi connectivity index (χ1n) is 9.64. The topological polar surface area (TPSA) is 61.4 Å². The van der Waals surface area contributed by atoms with Gasteiger partial charge in [-0.15, -0.1) is 11.3 Å². The van der Waals surface area contributed by atoms with E-state index in [0.717, 1.165) is 13.0 Å². The number of amides is 2. The fourth-order valence-electron chi connectivity index (χ4n) is 3.93. The van der Waals surface area contributed by atoms with E-state index in [9.17, 15) is 9.59 Å². The van der Waals surface area contributed by atoms with Crippen LogP contribution in [0.4, 0.5) is 5.69 Å². The van der Waals surface area contributed by atoms with Crippen LogP contribution in [-0.2, 0) is 11.2 Å². The third-order valence-corrected chi connectivity index (χ3v) is 6.28. The zero-order chi connectivity index (χ0) is 18.8. The summed E-state index contributed by atoms with van der Waals surface area (Å²) in [5, 5.41) is 7.92. The van der Waals surface area contributed by atoms with Gasteiger partial charge in [-0.05, 0) is 67.3 Å². The van der Waals surface area contributed by atoms with E-state index in [0.29, 0.717) is 36.3 Å². The first kappa shape index (κ1) is 18.2. The van der Waals surface area contributed by atoms with Gasteiger partial charge in [0.25, 0.3) is 5.91 Å². The van der Waals surface area contributed by atoms with Gasteiger partial charge >= 0.3 is 0 Å².